The van der Waals surface area contributed by atoms with Crippen LogP contribution in [0.2, 0.25) is 0 Å². The fourth-order valence-electron chi connectivity index (χ4n) is 3.16. The summed E-state index contributed by atoms with van der Waals surface area (Å²) in [5.41, 5.74) is 1.90. The summed E-state index contributed by atoms with van der Waals surface area (Å²) < 4.78 is 5.74. The van der Waals surface area contributed by atoms with Gasteiger partial charge in [-0.15, -0.1) is 16.4 Å². The van der Waals surface area contributed by atoms with Crippen LogP contribution in [0.1, 0.15) is 35.5 Å². The third-order valence-corrected chi connectivity index (χ3v) is 5.57. The monoisotopic (exact) mass is 412 g/mol. The number of amides is 1. The van der Waals surface area contributed by atoms with Crippen LogP contribution in [0.4, 0.5) is 11.9 Å². The van der Waals surface area contributed by atoms with Crippen LogP contribution in [-0.2, 0) is 17.8 Å². The van der Waals surface area contributed by atoms with Crippen LogP contribution in [0.15, 0.2) is 29.6 Å². The van der Waals surface area contributed by atoms with Gasteiger partial charge < -0.3 is 9.64 Å². The molecule has 3 aromatic rings. The molecule has 2 N–H and O–H groups in total. The average molecular weight is 413 g/mol. The molecule has 1 aromatic carbocycles. The van der Waals surface area contributed by atoms with E-state index in [1.165, 1.54) is 23.3 Å². The highest BCUT2D eigenvalue weighted by molar-refractivity contribution is 7.09. The molecule has 152 valence electrons. The summed E-state index contributed by atoms with van der Waals surface area (Å²) in [6.45, 7) is 4.33. The Morgan fingerprint density at radius 1 is 1.21 bits per heavy atom. The molecule has 0 aliphatic carbocycles. The molecule has 0 spiro atoms. The second kappa shape index (κ2) is 9.04. The van der Waals surface area contributed by atoms with Gasteiger partial charge in [0.1, 0.15) is 17.4 Å². The fraction of sp³-hybridized carbons (Fsp3) is 0.400. The second-order valence-electron chi connectivity index (χ2n) is 7.09. The minimum absolute atomic E-state index is 0.178. The Hall–Kier alpha value is -2.94. The van der Waals surface area contributed by atoms with Crippen molar-refractivity contribution in [1.29, 1.82) is 0 Å². The number of anilines is 2. The molecule has 0 saturated carbocycles. The quantitative estimate of drug-likeness (QED) is 0.618. The van der Waals surface area contributed by atoms with Crippen molar-refractivity contribution in [2.24, 2.45) is 0 Å². The Labute approximate surface area is 173 Å². The molecule has 1 aliphatic heterocycles. The summed E-state index contributed by atoms with van der Waals surface area (Å²) in [5, 5.41) is 12.5. The van der Waals surface area contributed by atoms with Crippen LogP contribution in [0.25, 0.3) is 0 Å². The number of carbonyl (C=O) groups is 1. The van der Waals surface area contributed by atoms with Gasteiger partial charge in [0.2, 0.25) is 17.8 Å². The zero-order valence-electron chi connectivity index (χ0n) is 16.4. The molecular formula is C20H24N6O2S. The molecule has 9 heteroatoms. The van der Waals surface area contributed by atoms with Crippen LogP contribution in [-0.4, -0.2) is 39.2 Å². The highest BCUT2D eigenvalue weighted by Gasteiger charge is 2.16. The van der Waals surface area contributed by atoms with Crippen LogP contribution < -0.4 is 15.0 Å². The molecule has 0 radical (unpaired) electrons. The Morgan fingerprint density at radius 2 is 2.00 bits per heavy atom. The van der Waals surface area contributed by atoms with Gasteiger partial charge in [0.15, 0.2) is 0 Å². The lowest BCUT2D eigenvalue weighted by Gasteiger charge is -2.24. The van der Waals surface area contributed by atoms with Gasteiger partial charge in [-0.25, -0.2) is 10.1 Å². The van der Waals surface area contributed by atoms with Crippen molar-refractivity contribution in [3.05, 3.63) is 45.9 Å². The molecule has 1 amide bonds. The first-order valence-electron chi connectivity index (χ1n) is 9.76. The number of nitrogens with zero attached hydrogens (tertiary/aromatic N) is 4. The lowest BCUT2D eigenvalue weighted by atomic mass is 10.1. The molecule has 8 nitrogen and oxygen atoms in total. The number of aromatic nitrogens is 4. The van der Waals surface area contributed by atoms with Gasteiger partial charge in [-0.1, -0.05) is 17.7 Å². The maximum atomic E-state index is 12.3. The SMILES string of the molecule is Cc1ccc(OCc2nc(CC(=O)Nc3nc(N4CCCCC4)n[nH]3)cs2)cc1. The smallest absolute Gasteiger partial charge is 0.246 e. The Kier molecular flexibility index (Phi) is 6.04. The number of rotatable bonds is 7. The number of H-pyrrole nitrogens is 1. The maximum absolute atomic E-state index is 12.3. The van der Waals surface area contributed by atoms with E-state index < -0.39 is 0 Å². The first-order valence-corrected chi connectivity index (χ1v) is 10.6. The van der Waals surface area contributed by atoms with E-state index in [0.29, 0.717) is 24.2 Å². The van der Waals surface area contributed by atoms with Crippen molar-refractivity contribution in [2.45, 2.75) is 39.2 Å². The van der Waals surface area contributed by atoms with Gasteiger partial charge in [-0.3, -0.25) is 10.1 Å². The van der Waals surface area contributed by atoms with E-state index in [9.17, 15) is 4.79 Å². The van der Waals surface area contributed by atoms with E-state index in [4.69, 9.17) is 4.74 Å². The number of piperidine rings is 1. The summed E-state index contributed by atoms with van der Waals surface area (Å²) >= 11 is 1.48. The number of aryl methyl sites for hydroxylation is 1. The van der Waals surface area contributed by atoms with E-state index in [-0.39, 0.29) is 12.3 Å². The van der Waals surface area contributed by atoms with Crippen molar-refractivity contribution < 1.29 is 9.53 Å². The summed E-state index contributed by atoms with van der Waals surface area (Å²) in [7, 11) is 0. The van der Waals surface area contributed by atoms with Gasteiger partial charge in [0.25, 0.3) is 0 Å². The molecule has 1 aliphatic rings. The number of hydrogen-bond donors (Lipinski definition) is 2. The lowest BCUT2D eigenvalue weighted by Crippen LogP contribution is -2.30. The van der Waals surface area contributed by atoms with Crippen LogP contribution >= 0.6 is 11.3 Å². The second-order valence-corrected chi connectivity index (χ2v) is 8.03. The normalized spacial score (nSPS) is 14.0. The first-order chi connectivity index (χ1) is 14.2. The molecule has 2 aromatic heterocycles. The van der Waals surface area contributed by atoms with Crippen molar-refractivity contribution in [3.8, 4) is 5.75 Å². The third-order valence-electron chi connectivity index (χ3n) is 4.69. The first kappa shape index (κ1) is 19.4. The van der Waals surface area contributed by atoms with Gasteiger partial charge in [-0.2, -0.15) is 4.98 Å². The summed E-state index contributed by atoms with van der Waals surface area (Å²) in [6.07, 6.45) is 3.73. The van der Waals surface area contributed by atoms with Gasteiger partial charge in [0.05, 0.1) is 12.1 Å². The minimum Gasteiger partial charge on any atom is -0.486 e. The predicted molar refractivity (Wildman–Crippen MR) is 112 cm³/mol. The number of ether oxygens (including phenoxy) is 1. The third kappa shape index (κ3) is 5.32. The molecular weight excluding hydrogens is 388 g/mol. The minimum atomic E-state index is -0.178. The van der Waals surface area contributed by atoms with Crippen LogP contribution in [0.5, 0.6) is 5.75 Å². The zero-order chi connectivity index (χ0) is 20.1. The fourth-order valence-corrected chi connectivity index (χ4v) is 3.87. The molecule has 1 saturated heterocycles. The van der Waals surface area contributed by atoms with Gasteiger partial charge in [-0.05, 0) is 38.3 Å². The van der Waals surface area contributed by atoms with Crippen molar-refractivity contribution >= 4 is 29.1 Å². The number of carbonyl (C=O) groups excluding carboxylic acids is 1. The van der Waals surface area contributed by atoms with E-state index >= 15 is 0 Å². The molecule has 0 unspecified atom stereocenters. The Bertz CT molecular complexity index is 946. The average Bonchev–Trinajstić information content (AvgIpc) is 3.38. The summed E-state index contributed by atoms with van der Waals surface area (Å²) in [4.78, 5) is 23.3. The highest BCUT2D eigenvalue weighted by atomic mass is 32.1. The Morgan fingerprint density at radius 3 is 2.79 bits per heavy atom. The van der Waals surface area contributed by atoms with E-state index in [2.05, 4.69) is 30.4 Å². The van der Waals surface area contributed by atoms with Crippen molar-refractivity contribution in [2.75, 3.05) is 23.3 Å². The molecule has 4 rings (SSSR count). The number of nitrogens with one attached hydrogen (secondary N) is 2. The summed E-state index contributed by atoms with van der Waals surface area (Å²) in [6, 6.07) is 7.89. The topological polar surface area (TPSA) is 96.0 Å². The number of hydrogen-bond acceptors (Lipinski definition) is 7. The molecule has 29 heavy (non-hydrogen) atoms. The van der Waals surface area contributed by atoms with Crippen molar-refractivity contribution in [1.82, 2.24) is 20.2 Å². The number of benzene rings is 1. The van der Waals surface area contributed by atoms with E-state index in [0.717, 1.165) is 36.7 Å². The predicted octanol–water partition coefficient (Wildman–Crippen LogP) is 3.32. The molecule has 0 bridgehead atoms. The van der Waals surface area contributed by atoms with Gasteiger partial charge in [0, 0.05) is 18.5 Å². The number of aromatic amines is 1. The number of thiazole rings is 1. The molecule has 0 atom stereocenters. The van der Waals surface area contributed by atoms with E-state index in [1.54, 1.807) is 0 Å². The maximum Gasteiger partial charge on any atom is 0.246 e. The Balaban J connectivity index is 1.26. The highest BCUT2D eigenvalue weighted by Crippen LogP contribution is 2.18. The van der Waals surface area contributed by atoms with E-state index in [1.807, 2.05) is 36.6 Å². The largest absolute Gasteiger partial charge is 0.486 e. The lowest BCUT2D eigenvalue weighted by molar-refractivity contribution is -0.115. The van der Waals surface area contributed by atoms with Gasteiger partial charge >= 0.3 is 0 Å². The van der Waals surface area contributed by atoms with Crippen LogP contribution in [0.3, 0.4) is 0 Å². The molecule has 1 fully saturated rings. The summed E-state index contributed by atoms with van der Waals surface area (Å²) in [5.74, 6) is 1.64. The van der Waals surface area contributed by atoms with Crippen molar-refractivity contribution in [3.63, 3.8) is 0 Å². The van der Waals surface area contributed by atoms with Crippen LogP contribution in [0, 0.1) is 6.92 Å². The molecule has 3 heterocycles. The zero-order valence-corrected chi connectivity index (χ0v) is 17.2. The standard InChI is InChI=1S/C20H24N6O2S/c1-14-5-7-16(8-6-14)28-12-18-21-15(13-29-18)11-17(27)22-19-23-20(25-24-19)26-9-3-2-4-10-26/h5-8,13H,2-4,9-12H2,1H3,(H2,22,23,24,25,27).